The van der Waals surface area contributed by atoms with Crippen molar-refractivity contribution in [3.05, 3.63) is 59.8 Å². The fourth-order valence-corrected chi connectivity index (χ4v) is 3.00. The van der Waals surface area contributed by atoms with E-state index in [1.807, 2.05) is 24.4 Å². The van der Waals surface area contributed by atoms with E-state index in [2.05, 4.69) is 54.2 Å². The zero-order chi connectivity index (χ0) is 17.8. The number of phenolic OH excluding ortho intramolecular Hbond substituents is 1. The highest BCUT2D eigenvalue weighted by molar-refractivity contribution is 5.93. The molecule has 0 radical (unpaired) electrons. The topological polar surface area (TPSA) is 48.4 Å². The van der Waals surface area contributed by atoms with Gasteiger partial charge in [0.25, 0.3) is 0 Å². The number of rotatable bonds is 6. The van der Waals surface area contributed by atoms with Gasteiger partial charge in [-0.05, 0) is 55.9 Å². The van der Waals surface area contributed by atoms with E-state index in [1.165, 1.54) is 5.56 Å². The summed E-state index contributed by atoms with van der Waals surface area (Å²) in [5.74, 6) is 0.340. The highest BCUT2D eigenvalue weighted by atomic mass is 35.5. The second-order valence-electron chi connectivity index (χ2n) is 6.31. The molecule has 1 heterocycles. The van der Waals surface area contributed by atoms with Crippen LogP contribution in [-0.2, 0) is 6.54 Å². The van der Waals surface area contributed by atoms with Crippen LogP contribution in [0.15, 0.2) is 48.7 Å². The van der Waals surface area contributed by atoms with Gasteiger partial charge in [-0.25, -0.2) is 0 Å². The molecule has 138 valence electrons. The first-order valence-electron chi connectivity index (χ1n) is 8.77. The molecule has 1 aromatic heterocycles. The molecule has 0 aliphatic rings. The van der Waals surface area contributed by atoms with Gasteiger partial charge >= 0.3 is 0 Å². The lowest BCUT2D eigenvalue weighted by Crippen LogP contribution is -2.22. The van der Waals surface area contributed by atoms with Crippen LogP contribution in [0.4, 0.5) is 11.4 Å². The van der Waals surface area contributed by atoms with Crippen LogP contribution in [0.2, 0.25) is 0 Å². The monoisotopic (exact) mass is 371 g/mol. The van der Waals surface area contributed by atoms with Gasteiger partial charge in [0, 0.05) is 35.1 Å². The van der Waals surface area contributed by atoms with Crippen molar-refractivity contribution in [2.45, 2.75) is 27.3 Å². The van der Waals surface area contributed by atoms with Gasteiger partial charge in [0.15, 0.2) is 0 Å². The zero-order valence-corrected chi connectivity index (χ0v) is 16.3. The summed E-state index contributed by atoms with van der Waals surface area (Å²) >= 11 is 0. The van der Waals surface area contributed by atoms with E-state index in [4.69, 9.17) is 0 Å². The fourth-order valence-electron chi connectivity index (χ4n) is 3.00. The second kappa shape index (κ2) is 8.88. The number of hydrogen-bond acceptors (Lipinski definition) is 4. The Kier molecular flexibility index (Phi) is 6.83. The van der Waals surface area contributed by atoms with Crippen molar-refractivity contribution in [2.75, 3.05) is 18.4 Å². The van der Waals surface area contributed by atoms with E-state index in [-0.39, 0.29) is 12.4 Å². The Labute approximate surface area is 161 Å². The second-order valence-corrected chi connectivity index (χ2v) is 6.31. The van der Waals surface area contributed by atoms with Crippen LogP contribution in [0.3, 0.4) is 0 Å². The number of aromatic hydroxyl groups is 1. The molecule has 0 spiro atoms. The highest BCUT2D eigenvalue weighted by Gasteiger charge is 2.08. The SMILES string of the molecule is CCN(CC)Cc1cc(Nc2ccnc3cc(C)ccc23)ccc1O.Cl. The van der Waals surface area contributed by atoms with Gasteiger partial charge in [-0.15, -0.1) is 12.4 Å². The molecule has 4 nitrogen and oxygen atoms in total. The number of nitrogens with one attached hydrogen (secondary N) is 1. The van der Waals surface area contributed by atoms with Crippen LogP contribution in [0.25, 0.3) is 10.9 Å². The lowest BCUT2D eigenvalue weighted by atomic mass is 10.1. The van der Waals surface area contributed by atoms with Crippen molar-refractivity contribution in [3.63, 3.8) is 0 Å². The zero-order valence-electron chi connectivity index (χ0n) is 15.5. The van der Waals surface area contributed by atoms with Crippen LogP contribution < -0.4 is 5.32 Å². The van der Waals surface area contributed by atoms with Crippen molar-refractivity contribution >= 4 is 34.7 Å². The summed E-state index contributed by atoms with van der Waals surface area (Å²) in [4.78, 5) is 6.73. The van der Waals surface area contributed by atoms with Gasteiger partial charge in [0.1, 0.15) is 5.75 Å². The maximum atomic E-state index is 10.2. The molecule has 0 aliphatic carbocycles. The lowest BCUT2D eigenvalue weighted by Gasteiger charge is -2.19. The summed E-state index contributed by atoms with van der Waals surface area (Å²) in [6, 6.07) is 13.9. The van der Waals surface area contributed by atoms with E-state index in [9.17, 15) is 5.11 Å². The number of phenols is 1. The minimum absolute atomic E-state index is 0. The van der Waals surface area contributed by atoms with Crippen LogP contribution in [-0.4, -0.2) is 28.1 Å². The molecule has 2 aromatic carbocycles. The van der Waals surface area contributed by atoms with Crippen LogP contribution >= 0.6 is 12.4 Å². The molecule has 2 N–H and O–H groups in total. The molecule has 0 atom stereocenters. The molecular formula is C21H26ClN3O. The third kappa shape index (κ3) is 4.45. The number of hydrogen-bond donors (Lipinski definition) is 2. The normalized spacial score (nSPS) is 10.8. The summed E-state index contributed by atoms with van der Waals surface area (Å²) in [5.41, 5.74) is 5.09. The molecule has 0 aliphatic heterocycles. The molecule has 0 saturated heterocycles. The van der Waals surface area contributed by atoms with Gasteiger partial charge in [0.05, 0.1) is 5.52 Å². The first-order valence-corrected chi connectivity index (χ1v) is 8.77. The van der Waals surface area contributed by atoms with Crippen molar-refractivity contribution in [2.24, 2.45) is 0 Å². The predicted octanol–water partition coefficient (Wildman–Crippen LogP) is 5.26. The van der Waals surface area contributed by atoms with E-state index < -0.39 is 0 Å². The van der Waals surface area contributed by atoms with E-state index >= 15 is 0 Å². The number of halogens is 1. The van der Waals surface area contributed by atoms with Gasteiger partial charge in [0.2, 0.25) is 0 Å². The quantitative estimate of drug-likeness (QED) is 0.580. The molecular weight excluding hydrogens is 346 g/mol. The molecule has 26 heavy (non-hydrogen) atoms. The average Bonchev–Trinajstić information content (AvgIpc) is 2.62. The average molecular weight is 372 g/mol. The van der Waals surface area contributed by atoms with Crippen molar-refractivity contribution in [1.29, 1.82) is 0 Å². The number of benzene rings is 2. The summed E-state index contributed by atoms with van der Waals surface area (Å²) < 4.78 is 0. The lowest BCUT2D eigenvalue weighted by molar-refractivity contribution is 0.291. The maximum Gasteiger partial charge on any atom is 0.120 e. The minimum Gasteiger partial charge on any atom is -0.508 e. The Hall–Kier alpha value is -2.30. The third-order valence-electron chi connectivity index (χ3n) is 4.55. The number of pyridine rings is 1. The standard InChI is InChI=1S/C21H25N3O.ClH/c1-4-24(5-2)14-16-13-17(7-9-21(16)25)23-19-10-11-22-20-12-15(3)6-8-18(19)20;/h6-13,25H,4-5,14H2,1-3H3,(H,22,23);1H. The molecule has 0 fully saturated rings. The molecule has 0 saturated carbocycles. The summed E-state index contributed by atoms with van der Waals surface area (Å²) in [7, 11) is 0. The summed E-state index contributed by atoms with van der Waals surface area (Å²) in [5, 5.41) is 14.7. The number of fused-ring (bicyclic) bond motifs is 1. The van der Waals surface area contributed by atoms with Gasteiger partial charge in [-0.3, -0.25) is 9.88 Å². The minimum atomic E-state index is 0. The van der Waals surface area contributed by atoms with Gasteiger partial charge in [-0.1, -0.05) is 26.0 Å². The predicted molar refractivity (Wildman–Crippen MR) is 112 cm³/mol. The largest absolute Gasteiger partial charge is 0.508 e. The van der Waals surface area contributed by atoms with E-state index in [0.717, 1.165) is 47.5 Å². The molecule has 3 rings (SSSR count). The van der Waals surface area contributed by atoms with Crippen LogP contribution in [0.5, 0.6) is 5.75 Å². The molecule has 0 unspecified atom stereocenters. The molecule has 0 amide bonds. The Bertz CT molecular complexity index is 878. The third-order valence-corrected chi connectivity index (χ3v) is 4.55. The number of anilines is 2. The molecule has 5 heteroatoms. The fraction of sp³-hybridized carbons (Fsp3) is 0.286. The number of aromatic nitrogens is 1. The van der Waals surface area contributed by atoms with Crippen LogP contribution in [0.1, 0.15) is 25.0 Å². The molecule has 3 aromatic rings. The Morgan fingerprint density at radius 1 is 1.04 bits per heavy atom. The van der Waals surface area contributed by atoms with E-state index in [1.54, 1.807) is 6.07 Å². The van der Waals surface area contributed by atoms with E-state index in [0.29, 0.717) is 5.75 Å². The first-order chi connectivity index (χ1) is 12.1. The number of nitrogens with zero attached hydrogens (tertiary/aromatic N) is 2. The Morgan fingerprint density at radius 3 is 2.54 bits per heavy atom. The Balaban J connectivity index is 0.00000243. The molecule has 0 bridgehead atoms. The Morgan fingerprint density at radius 2 is 1.81 bits per heavy atom. The maximum absolute atomic E-state index is 10.2. The van der Waals surface area contributed by atoms with Crippen molar-refractivity contribution in [3.8, 4) is 5.75 Å². The smallest absolute Gasteiger partial charge is 0.120 e. The van der Waals surface area contributed by atoms with Gasteiger partial charge in [-0.2, -0.15) is 0 Å². The first kappa shape index (κ1) is 20.0. The summed E-state index contributed by atoms with van der Waals surface area (Å²) in [6.07, 6.45) is 1.82. The van der Waals surface area contributed by atoms with Gasteiger partial charge < -0.3 is 10.4 Å². The van der Waals surface area contributed by atoms with Crippen LogP contribution in [0, 0.1) is 6.92 Å². The summed E-state index contributed by atoms with van der Waals surface area (Å²) in [6.45, 7) is 9.00. The highest BCUT2D eigenvalue weighted by Crippen LogP contribution is 2.29. The number of aryl methyl sites for hydroxylation is 1. The van der Waals surface area contributed by atoms with Crippen molar-refractivity contribution in [1.82, 2.24) is 9.88 Å². The van der Waals surface area contributed by atoms with Crippen molar-refractivity contribution < 1.29 is 5.11 Å².